The van der Waals surface area contributed by atoms with Crippen LogP contribution in [0, 0.1) is 5.82 Å². The summed E-state index contributed by atoms with van der Waals surface area (Å²) < 4.78 is 14.6. The predicted octanol–water partition coefficient (Wildman–Crippen LogP) is 1.54. The fraction of sp³-hybridized carbons (Fsp3) is 0.333. The number of amides is 1. The van der Waals surface area contributed by atoms with Crippen molar-refractivity contribution < 1.29 is 9.18 Å². The van der Waals surface area contributed by atoms with E-state index in [0.717, 1.165) is 30.9 Å². The van der Waals surface area contributed by atoms with Crippen molar-refractivity contribution in [2.24, 2.45) is 0 Å². The molecule has 1 aliphatic heterocycles. The zero-order valence-electron chi connectivity index (χ0n) is 14.3. The van der Waals surface area contributed by atoms with Crippen LogP contribution in [0.4, 0.5) is 10.2 Å². The van der Waals surface area contributed by atoms with E-state index in [4.69, 9.17) is 0 Å². The van der Waals surface area contributed by atoms with Crippen molar-refractivity contribution in [3.63, 3.8) is 0 Å². The number of rotatable bonds is 3. The molecule has 0 aliphatic carbocycles. The van der Waals surface area contributed by atoms with Crippen LogP contribution in [-0.4, -0.2) is 56.8 Å². The fourth-order valence-corrected chi connectivity index (χ4v) is 3.17. The van der Waals surface area contributed by atoms with Crippen LogP contribution in [0.25, 0.3) is 5.65 Å². The maximum absolute atomic E-state index is 13.0. The monoisotopic (exact) mass is 354 g/mol. The molecule has 0 radical (unpaired) electrons. The van der Waals surface area contributed by atoms with Crippen LogP contribution < -0.4 is 4.90 Å². The van der Waals surface area contributed by atoms with E-state index in [-0.39, 0.29) is 11.7 Å². The van der Waals surface area contributed by atoms with Crippen LogP contribution >= 0.6 is 0 Å². The Kier molecular flexibility index (Phi) is 4.47. The second-order valence-electron chi connectivity index (χ2n) is 6.35. The van der Waals surface area contributed by atoms with Gasteiger partial charge in [-0.3, -0.25) is 4.79 Å². The Morgan fingerprint density at radius 2 is 1.88 bits per heavy atom. The molecule has 0 bridgehead atoms. The average Bonchev–Trinajstić information content (AvgIpc) is 2.98. The molecule has 0 spiro atoms. The van der Waals surface area contributed by atoms with E-state index in [9.17, 15) is 9.18 Å². The molecule has 4 rings (SSSR count). The molecule has 3 aromatic rings. The molecule has 7 nitrogen and oxygen atoms in total. The van der Waals surface area contributed by atoms with Crippen LogP contribution in [0.15, 0.2) is 42.7 Å². The number of carbonyl (C=O) groups is 1. The zero-order chi connectivity index (χ0) is 17.9. The highest BCUT2D eigenvalue weighted by Crippen LogP contribution is 2.15. The summed E-state index contributed by atoms with van der Waals surface area (Å²) in [6, 6.07) is 9.92. The summed E-state index contributed by atoms with van der Waals surface area (Å²) in [4.78, 5) is 16.6. The largest absolute Gasteiger partial charge is 0.353 e. The lowest BCUT2D eigenvalue weighted by atomic mass is 10.1. The number of fused-ring (bicyclic) bond motifs is 1. The Balaban J connectivity index is 1.40. The maximum atomic E-state index is 13.0. The SMILES string of the molecule is O=C(Cc1ccc(F)cc1)N1CCCN(c2ccc3nncn3n2)CC1. The first-order chi connectivity index (χ1) is 12.7. The van der Waals surface area contributed by atoms with Crippen molar-refractivity contribution in [1.82, 2.24) is 24.7 Å². The topological polar surface area (TPSA) is 66.6 Å². The van der Waals surface area contributed by atoms with Crippen molar-refractivity contribution in [3.8, 4) is 0 Å². The number of hydrogen-bond donors (Lipinski definition) is 0. The van der Waals surface area contributed by atoms with Gasteiger partial charge in [-0.25, -0.2) is 4.39 Å². The summed E-state index contributed by atoms with van der Waals surface area (Å²) in [5.41, 5.74) is 1.54. The molecule has 1 aromatic carbocycles. The first-order valence-corrected chi connectivity index (χ1v) is 8.63. The van der Waals surface area contributed by atoms with E-state index in [1.165, 1.54) is 12.1 Å². The minimum atomic E-state index is -0.288. The van der Waals surface area contributed by atoms with E-state index >= 15 is 0 Å². The summed E-state index contributed by atoms with van der Waals surface area (Å²) in [5.74, 6) is 0.634. The van der Waals surface area contributed by atoms with Gasteiger partial charge in [0.1, 0.15) is 18.0 Å². The van der Waals surface area contributed by atoms with E-state index in [1.54, 1.807) is 23.0 Å². The van der Waals surface area contributed by atoms with Crippen LogP contribution in [-0.2, 0) is 11.2 Å². The summed E-state index contributed by atoms with van der Waals surface area (Å²) in [7, 11) is 0. The Morgan fingerprint density at radius 3 is 2.73 bits per heavy atom. The third-order valence-electron chi connectivity index (χ3n) is 4.59. The number of hydrogen-bond acceptors (Lipinski definition) is 5. The molecule has 8 heteroatoms. The molecule has 0 atom stereocenters. The first-order valence-electron chi connectivity index (χ1n) is 8.63. The molecule has 0 saturated carbocycles. The number of anilines is 1. The lowest BCUT2D eigenvalue weighted by molar-refractivity contribution is -0.130. The van der Waals surface area contributed by atoms with E-state index in [2.05, 4.69) is 20.2 Å². The van der Waals surface area contributed by atoms with Crippen LogP contribution in [0.2, 0.25) is 0 Å². The van der Waals surface area contributed by atoms with Gasteiger partial charge < -0.3 is 9.80 Å². The van der Waals surface area contributed by atoms with Gasteiger partial charge in [0.2, 0.25) is 5.91 Å². The predicted molar refractivity (Wildman–Crippen MR) is 94.3 cm³/mol. The third kappa shape index (κ3) is 3.49. The number of halogens is 1. The molecule has 3 heterocycles. The molecule has 0 N–H and O–H groups in total. The van der Waals surface area contributed by atoms with Gasteiger partial charge in [-0.2, -0.15) is 4.52 Å². The van der Waals surface area contributed by atoms with Crippen molar-refractivity contribution in [1.29, 1.82) is 0 Å². The van der Waals surface area contributed by atoms with E-state index in [1.807, 2.05) is 17.0 Å². The average molecular weight is 354 g/mol. The molecule has 1 aliphatic rings. The second kappa shape index (κ2) is 7.07. The molecule has 1 fully saturated rings. The Hall–Kier alpha value is -3.03. The maximum Gasteiger partial charge on any atom is 0.227 e. The third-order valence-corrected chi connectivity index (χ3v) is 4.59. The summed E-state index contributed by atoms with van der Waals surface area (Å²) in [6.45, 7) is 2.91. The highest BCUT2D eigenvalue weighted by atomic mass is 19.1. The van der Waals surface area contributed by atoms with Crippen LogP contribution in [0.3, 0.4) is 0 Å². The highest BCUT2D eigenvalue weighted by molar-refractivity contribution is 5.78. The summed E-state index contributed by atoms with van der Waals surface area (Å²) in [6.07, 6.45) is 2.75. The van der Waals surface area contributed by atoms with Crippen LogP contribution in [0.1, 0.15) is 12.0 Å². The van der Waals surface area contributed by atoms with Crippen molar-refractivity contribution >= 4 is 17.4 Å². The van der Waals surface area contributed by atoms with Gasteiger partial charge in [-0.1, -0.05) is 12.1 Å². The molecule has 134 valence electrons. The first kappa shape index (κ1) is 16.4. The van der Waals surface area contributed by atoms with Crippen molar-refractivity contribution in [2.75, 3.05) is 31.1 Å². The van der Waals surface area contributed by atoms with Gasteiger partial charge in [-0.15, -0.1) is 15.3 Å². The zero-order valence-corrected chi connectivity index (χ0v) is 14.3. The van der Waals surface area contributed by atoms with Gasteiger partial charge >= 0.3 is 0 Å². The molecular formula is C18H19FN6O. The van der Waals surface area contributed by atoms with Gasteiger partial charge in [0.05, 0.1) is 6.42 Å². The van der Waals surface area contributed by atoms with Gasteiger partial charge in [0, 0.05) is 26.2 Å². The van der Waals surface area contributed by atoms with Gasteiger partial charge in [-0.05, 0) is 36.2 Å². The quantitative estimate of drug-likeness (QED) is 0.714. The van der Waals surface area contributed by atoms with Gasteiger partial charge in [0.15, 0.2) is 5.65 Å². The minimum absolute atomic E-state index is 0.0701. The minimum Gasteiger partial charge on any atom is -0.353 e. The van der Waals surface area contributed by atoms with Crippen molar-refractivity contribution in [2.45, 2.75) is 12.8 Å². The summed E-state index contributed by atoms with van der Waals surface area (Å²) >= 11 is 0. The lowest BCUT2D eigenvalue weighted by Crippen LogP contribution is -2.36. The van der Waals surface area contributed by atoms with Gasteiger partial charge in [0.25, 0.3) is 0 Å². The lowest BCUT2D eigenvalue weighted by Gasteiger charge is -2.22. The fourth-order valence-electron chi connectivity index (χ4n) is 3.17. The molecule has 1 saturated heterocycles. The smallest absolute Gasteiger partial charge is 0.227 e. The van der Waals surface area contributed by atoms with Crippen molar-refractivity contribution in [3.05, 3.63) is 54.1 Å². The second-order valence-corrected chi connectivity index (χ2v) is 6.35. The molecule has 26 heavy (non-hydrogen) atoms. The molecular weight excluding hydrogens is 335 g/mol. The number of aromatic nitrogens is 4. The standard InChI is InChI=1S/C18H19FN6O/c19-15-4-2-14(3-5-15)12-18(26)24-9-1-8-23(10-11-24)17-7-6-16-21-20-13-25(16)22-17/h2-7,13H,1,8-12H2. The molecule has 1 amide bonds. The Labute approximate surface area is 150 Å². The normalized spacial score (nSPS) is 15.3. The molecule has 2 aromatic heterocycles. The highest BCUT2D eigenvalue weighted by Gasteiger charge is 2.20. The Bertz CT molecular complexity index is 909. The Morgan fingerprint density at radius 1 is 1.04 bits per heavy atom. The van der Waals surface area contributed by atoms with E-state index < -0.39 is 0 Å². The van der Waals surface area contributed by atoms with Crippen LogP contribution in [0.5, 0.6) is 0 Å². The molecule has 0 unspecified atom stereocenters. The summed E-state index contributed by atoms with van der Waals surface area (Å²) in [5, 5.41) is 12.3. The van der Waals surface area contributed by atoms with E-state index in [0.29, 0.717) is 25.2 Å². The number of benzene rings is 1. The number of carbonyl (C=O) groups excluding carboxylic acids is 1. The number of nitrogens with zero attached hydrogens (tertiary/aromatic N) is 6.